The maximum atomic E-state index is 11.1. The lowest BCUT2D eigenvalue weighted by atomic mass is 10.1. The number of nitrogens with zero attached hydrogens (tertiary/aromatic N) is 1. The zero-order valence-corrected chi connectivity index (χ0v) is 12.7. The van der Waals surface area contributed by atoms with Gasteiger partial charge in [-0.15, -0.1) is 0 Å². The SMILES string of the molecule is Cn1cc(COc2ccccc2Cl)c2ccc(C(=O)O)cc21. The van der Waals surface area contributed by atoms with Gasteiger partial charge in [-0.1, -0.05) is 29.8 Å². The second-order valence-corrected chi connectivity index (χ2v) is 5.43. The van der Waals surface area contributed by atoms with Crippen LogP contribution in [0.2, 0.25) is 5.02 Å². The number of fused-ring (bicyclic) bond motifs is 1. The van der Waals surface area contributed by atoms with Crippen molar-refractivity contribution in [2.24, 2.45) is 7.05 Å². The zero-order valence-electron chi connectivity index (χ0n) is 11.9. The number of carboxylic acids is 1. The molecule has 0 unspecified atom stereocenters. The van der Waals surface area contributed by atoms with Crippen LogP contribution < -0.4 is 4.74 Å². The molecule has 112 valence electrons. The first kappa shape index (κ1) is 14.5. The van der Waals surface area contributed by atoms with Crippen LogP contribution in [0.5, 0.6) is 5.75 Å². The van der Waals surface area contributed by atoms with E-state index in [-0.39, 0.29) is 5.56 Å². The van der Waals surface area contributed by atoms with Crippen LogP contribution in [0.1, 0.15) is 15.9 Å². The van der Waals surface area contributed by atoms with Gasteiger partial charge < -0.3 is 14.4 Å². The molecular weight excluding hydrogens is 302 g/mol. The Labute approximate surface area is 132 Å². The van der Waals surface area contributed by atoms with Gasteiger partial charge in [0.1, 0.15) is 12.4 Å². The number of hydrogen-bond acceptors (Lipinski definition) is 2. The van der Waals surface area contributed by atoms with E-state index >= 15 is 0 Å². The number of ether oxygens (including phenoxy) is 1. The first-order valence-corrected chi connectivity index (χ1v) is 7.12. The van der Waals surface area contributed by atoms with E-state index in [1.165, 1.54) is 0 Å². The lowest BCUT2D eigenvalue weighted by Gasteiger charge is -2.07. The van der Waals surface area contributed by atoms with Gasteiger partial charge >= 0.3 is 5.97 Å². The predicted molar refractivity (Wildman–Crippen MR) is 85.7 cm³/mol. The number of para-hydroxylation sites is 1. The Kier molecular flexibility index (Phi) is 3.77. The van der Waals surface area contributed by atoms with E-state index in [2.05, 4.69) is 0 Å². The average Bonchev–Trinajstić information content (AvgIpc) is 2.82. The van der Waals surface area contributed by atoms with Crippen molar-refractivity contribution in [1.82, 2.24) is 4.57 Å². The molecule has 0 fully saturated rings. The van der Waals surface area contributed by atoms with Gasteiger partial charge in [-0.3, -0.25) is 0 Å². The average molecular weight is 316 g/mol. The number of halogens is 1. The topological polar surface area (TPSA) is 51.5 Å². The molecule has 0 spiro atoms. The molecule has 2 aromatic carbocycles. The number of rotatable bonds is 4. The molecule has 0 saturated heterocycles. The molecule has 1 N–H and O–H groups in total. The summed E-state index contributed by atoms with van der Waals surface area (Å²) in [5.74, 6) is -0.305. The Balaban J connectivity index is 1.92. The summed E-state index contributed by atoms with van der Waals surface area (Å²) in [4.78, 5) is 11.1. The Morgan fingerprint density at radius 3 is 2.77 bits per heavy atom. The molecule has 0 aliphatic rings. The van der Waals surface area contributed by atoms with Gasteiger partial charge in [0.2, 0.25) is 0 Å². The molecule has 1 heterocycles. The molecule has 0 bridgehead atoms. The zero-order chi connectivity index (χ0) is 15.7. The number of hydrogen-bond donors (Lipinski definition) is 1. The van der Waals surface area contributed by atoms with Gasteiger partial charge in [-0.2, -0.15) is 0 Å². The number of benzene rings is 2. The highest BCUT2D eigenvalue weighted by Crippen LogP contribution is 2.27. The summed E-state index contributed by atoms with van der Waals surface area (Å²) in [6.45, 7) is 0.369. The van der Waals surface area contributed by atoms with E-state index in [0.29, 0.717) is 17.4 Å². The van der Waals surface area contributed by atoms with E-state index in [1.54, 1.807) is 18.2 Å². The van der Waals surface area contributed by atoms with Gasteiger partial charge in [-0.25, -0.2) is 4.79 Å². The monoisotopic (exact) mass is 315 g/mol. The molecule has 3 aromatic rings. The first-order chi connectivity index (χ1) is 10.6. The third-order valence-corrected chi connectivity index (χ3v) is 3.85. The van der Waals surface area contributed by atoms with Crippen LogP contribution in [0.3, 0.4) is 0 Å². The summed E-state index contributed by atoms with van der Waals surface area (Å²) < 4.78 is 7.66. The van der Waals surface area contributed by atoms with Gasteiger partial charge in [0.25, 0.3) is 0 Å². The minimum absolute atomic E-state index is 0.271. The molecule has 0 saturated carbocycles. The lowest BCUT2D eigenvalue weighted by Crippen LogP contribution is -1.96. The van der Waals surface area contributed by atoms with Crippen molar-refractivity contribution in [3.05, 3.63) is 64.8 Å². The number of aromatic carboxylic acids is 1. The summed E-state index contributed by atoms with van der Waals surface area (Å²) in [6.07, 6.45) is 1.94. The van der Waals surface area contributed by atoms with Crippen LogP contribution in [0, 0.1) is 0 Å². The maximum absolute atomic E-state index is 11.1. The molecule has 0 radical (unpaired) electrons. The van der Waals surface area contributed by atoms with E-state index in [9.17, 15) is 4.79 Å². The van der Waals surface area contributed by atoms with Crippen LogP contribution in [0.4, 0.5) is 0 Å². The van der Waals surface area contributed by atoms with Gasteiger partial charge in [-0.05, 0) is 24.3 Å². The maximum Gasteiger partial charge on any atom is 0.335 e. The second-order valence-electron chi connectivity index (χ2n) is 5.02. The van der Waals surface area contributed by atoms with Crippen LogP contribution in [-0.4, -0.2) is 15.6 Å². The molecular formula is C17H14ClNO3. The van der Waals surface area contributed by atoms with Crippen molar-refractivity contribution in [3.63, 3.8) is 0 Å². The number of aryl methyl sites for hydroxylation is 1. The Morgan fingerprint density at radius 1 is 1.27 bits per heavy atom. The van der Waals surface area contributed by atoms with E-state index in [0.717, 1.165) is 16.5 Å². The van der Waals surface area contributed by atoms with E-state index < -0.39 is 5.97 Å². The molecule has 22 heavy (non-hydrogen) atoms. The fraction of sp³-hybridized carbons (Fsp3) is 0.118. The summed E-state index contributed by atoms with van der Waals surface area (Å²) >= 11 is 6.07. The fourth-order valence-corrected chi connectivity index (χ4v) is 2.62. The quantitative estimate of drug-likeness (QED) is 0.788. The predicted octanol–water partition coefficient (Wildman–Crippen LogP) is 4.11. The van der Waals surface area contributed by atoms with Crippen molar-refractivity contribution in [1.29, 1.82) is 0 Å². The van der Waals surface area contributed by atoms with Gasteiger partial charge in [0.05, 0.1) is 10.6 Å². The number of carbonyl (C=O) groups is 1. The number of aromatic nitrogens is 1. The third kappa shape index (κ3) is 2.65. The molecule has 0 atom stereocenters. The summed E-state index contributed by atoms with van der Waals surface area (Å²) in [5.41, 5.74) is 2.11. The van der Waals surface area contributed by atoms with E-state index in [1.807, 2.05) is 42.1 Å². The first-order valence-electron chi connectivity index (χ1n) is 6.75. The normalized spacial score (nSPS) is 10.8. The largest absolute Gasteiger partial charge is 0.487 e. The van der Waals surface area contributed by atoms with Crippen molar-refractivity contribution in [3.8, 4) is 5.75 Å². The Hall–Kier alpha value is -2.46. The van der Waals surface area contributed by atoms with Crippen LogP contribution in [-0.2, 0) is 13.7 Å². The van der Waals surface area contributed by atoms with Crippen molar-refractivity contribution in [2.45, 2.75) is 6.61 Å². The van der Waals surface area contributed by atoms with E-state index in [4.69, 9.17) is 21.4 Å². The highest BCUT2D eigenvalue weighted by Gasteiger charge is 2.11. The summed E-state index contributed by atoms with van der Waals surface area (Å²) in [6, 6.07) is 12.4. The molecule has 3 rings (SSSR count). The lowest BCUT2D eigenvalue weighted by molar-refractivity contribution is 0.0697. The molecule has 5 heteroatoms. The standard InChI is InChI=1S/C17H14ClNO3/c1-19-9-12(10-22-16-5-3-2-4-14(16)18)13-7-6-11(17(20)21)8-15(13)19/h2-9H,10H2,1H3,(H,20,21). The smallest absolute Gasteiger partial charge is 0.335 e. The van der Waals surface area contributed by atoms with Gasteiger partial charge in [0.15, 0.2) is 0 Å². The molecule has 0 aliphatic heterocycles. The minimum Gasteiger partial charge on any atom is -0.487 e. The summed E-state index contributed by atoms with van der Waals surface area (Å²) in [7, 11) is 1.88. The molecule has 0 aliphatic carbocycles. The highest BCUT2D eigenvalue weighted by molar-refractivity contribution is 6.32. The Bertz CT molecular complexity index is 854. The number of carboxylic acid groups (broad SMARTS) is 1. The van der Waals surface area contributed by atoms with Crippen molar-refractivity contribution >= 4 is 28.5 Å². The Morgan fingerprint density at radius 2 is 2.05 bits per heavy atom. The van der Waals surface area contributed by atoms with Crippen LogP contribution in [0.15, 0.2) is 48.7 Å². The molecule has 0 amide bonds. The van der Waals surface area contributed by atoms with Gasteiger partial charge in [0, 0.05) is 29.7 Å². The fourth-order valence-electron chi connectivity index (χ4n) is 2.43. The van der Waals surface area contributed by atoms with Crippen molar-refractivity contribution in [2.75, 3.05) is 0 Å². The second kappa shape index (κ2) is 5.73. The molecule has 4 nitrogen and oxygen atoms in total. The van der Waals surface area contributed by atoms with Crippen molar-refractivity contribution < 1.29 is 14.6 Å². The highest BCUT2D eigenvalue weighted by atomic mass is 35.5. The molecule has 1 aromatic heterocycles. The minimum atomic E-state index is -0.933. The van der Waals surface area contributed by atoms with Crippen LogP contribution in [0.25, 0.3) is 10.9 Å². The van der Waals surface area contributed by atoms with Crippen LogP contribution >= 0.6 is 11.6 Å². The summed E-state index contributed by atoms with van der Waals surface area (Å²) in [5, 5.41) is 10.6. The third-order valence-electron chi connectivity index (χ3n) is 3.54.